The summed E-state index contributed by atoms with van der Waals surface area (Å²) in [5, 5.41) is 3.73. The molecule has 5 heteroatoms. The van der Waals surface area contributed by atoms with Gasteiger partial charge in [0.1, 0.15) is 11.5 Å². The van der Waals surface area contributed by atoms with Crippen LogP contribution in [-0.2, 0) is 4.79 Å². The summed E-state index contributed by atoms with van der Waals surface area (Å²) in [7, 11) is 1.67. The van der Waals surface area contributed by atoms with Crippen LogP contribution in [0.25, 0.3) is 0 Å². The fraction of sp³-hybridized carbons (Fsp3) is 0.355. The number of methoxy groups -OCH3 is 1. The molecule has 1 saturated carbocycles. The van der Waals surface area contributed by atoms with Crippen LogP contribution in [-0.4, -0.2) is 31.7 Å². The smallest absolute Gasteiger partial charge is 0.144 e. The first-order valence-electron chi connectivity index (χ1n) is 13.0. The molecule has 0 bridgehead atoms. The van der Waals surface area contributed by atoms with Crippen molar-refractivity contribution in [2.24, 2.45) is 10.9 Å². The largest absolute Gasteiger partial charge is 0.497 e. The molecule has 0 saturated heterocycles. The number of carbonyl (C=O) groups is 1. The van der Waals surface area contributed by atoms with E-state index in [1.807, 2.05) is 30.3 Å². The van der Waals surface area contributed by atoms with Crippen LogP contribution in [0.1, 0.15) is 55.3 Å². The van der Waals surface area contributed by atoms with Gasteiger partial charge in [0.05, 0.1) is 30.4 Å². The summed E-state index contributed by atoms with van der Waals surface area (Å²) in [5.41, 5.74) is 7.59. The first kappa shape index (κ1) is 24.1. The Balaban J connectivity index is 1.54. The molecule has 1 N–H and O–H groups in total. The minimum atomic E-state index is -0.287. The second-order valence-corrected chi connectivity index (χ2v) is 9.78. The number of rotatable bonds is 6. The lowest BCUT2D eigenvalue weighted by atomic mass is 9.72. The van der Waals surface area contributed by atoms with Gasteiger partial charge in [-0.15, -0.1) is 0 Å². The fourth-order valence-electron chi connectivity index (χ4n) is 5.76. The van der Waals surface area contributed by atoms with Crippen molar-refractivity contribution in [3.8, 4) is 5.75 Å². The molecule has 3 unspecified atom stereocenters. The third kappa shape index (κ3) is 4.50. The number of nitrogens with one attached hydrogen (secondary N) is 1. The number of hydrogen-bond acceptors (Lipinski definition) is 5. The summed E-state index contributed by atoms with van der Waals surface area (Å²) in [5.74, 6) is 0.908. The van der Waals surface area contributed by atoms with E-state index < -0.39 is 0 Å². The quantitative estimate of drug-likeness (QED) is 0.418. The molecule has 186 valence electrons. The van der Waals surface area contributed by atoms with Crippen molar-refractivity contribution in [1.82, 2.24) is 0 Å². The van der Waals surface area contributed by atoms with Gasteiger partial charge >= 0.3 is 0 Å². The van der Waals surface area contributed by atoms with Crippen LogP contribution in [0.4, 0.5) is 17.1 Å². The maximum absolute atomic E-state index is 13.8. The zero-order chi connectivity index (χ0) is 25.2. The van der Waals surface area contributed by atoms with Crippen LogP contribution in [0.5, 0.6) is 5.75 Å². The Morgan fingerprint density at radius 3 is 2.44 bits per heavy atom. The van der Waals surface area contributed by atoms with Crippen LogP contribution in [0, 0.1) is 12.8 Å². The van der Waals surface area contributed by atoms with Gasteiger partial charge in [-0.05, 0) is 86.2 Å². The molecule has 0 amide bonds. The Hall–Kier alpha value is -3.60. The highest BCUT2D eigenvalue weighted by Crippen LogP contribution is 2.45. The molecule has 1 aliphatic heterocycles. The number of ketones is 1. The standard InChI is InChI=1S/C31H35N3O2/c1-5-34(6-2)23-13-16-25(20(3)17-23)31-30-28(32-26-9-7-8-10-27(26)33-31)18-22(19-29(30)35)21-11-14-24(36-4)15-12-21/h7-17,22,30-31,33H,5-6,18-19H2,1-4H3. The molecule has 2 aliphatic rings. The molecule has 36 heavy (non-hydrogen) atoms. The third-order valence-electron chi connectivity index (χ3n) is 7.73. The van der Waals surface area contributed by atoms with Gasteiger partial charge in [-0.1, -0.05) is 30.3 Å². The topological polar surface area (TPSA) is 53.9 Å². The molecule has 3 aromatic carbocycles. The number of para-hydroxylation sites is 2. The molecule has 0 spiro atoms. The normalized spacial score (nSPS) is 20.9. The Morgan fingerprint density at radius 2 is 1.75 bits per heavy atom. The van der Waals surface area contributed by atoms with E-state index in [1.54, 1.807) is 7.11 Å². The first-order valence-corrected chi connectivity index (χ1v) is 13.0. The zero-order valence-electron chi connectivity index (χ0n) is 21.6. The van der Waals surface area contributed by atoms with E-state index in [0.29, 0.717) is 6.42 Å². The van der Waals surface area contributed by atoms with E-state index in [2.05, 4.69) is 67.4 Å². The molecular weight excluding hydrogens is 446 g/mol. The minimum Gasteiger partial charge on any atom is -0.497 e. The van der Waals surface area contributed by atoms with Gasteiger partial charge in [0.25, 0.3) is 0 Å². The summed E-state index contributed by atoms with van der Waals surface area (Å²) >= 11 is 0. The molecule has 3 aromatic rings. The summed E-state index contributed by atoms with van der Waals surface area (Å²) in [4.78, 5) is 21.3. The van der Waals surface area contributed by atoms with Crippen LogP contribution in [0.15, 0.2) is 71.7 Å². The Kier molecular flexibility index (Phi) is 6.82. The van der Waals surface area contributed by atoms with E-state index >= 15 is 0 Å². The van der Waals surface area contributed by atoms with Crippen molar-refractivity contribution < 1.29 is 9.53 Å². The van der Waals surface area contributed by atoms with Crippen LogP contribution in [0.2, 0.25) is 0 Å². The summed E-state index contributed by atoms with van der Waals surface area (Å²) < 4.78 is 5.33. The molecule has 0 aromatic heterocycles. The summed E-state index contributed by atoms with van der Waals surface area (Å²) in [6.45, 7) is 8.45. The van der Waals surface area contributed by atoms with Crippen LogP contribution >= 0.6 is 0 Å². The van der Waals surface area contributed by atoms with Crippen molar-refractivity contribution in [1.29, 1.82) is 0 Å². The highest BCUT2D eigenvalue weighted by molar-refractivity contribution is 6.11. The molecular formula is C31H35N3O2. The molecule has 0 radical (unpaired) electrons. The molecule has 5 nitrogen and oxygen atoms in total. The molecule has 1 heterocycles. The average Bonchev–Trinajstić information content (AvgIpc) is 3.06. The molecule has 3 atom stereocenters. The van der Waals surface area contributed by atoms with Gasteiger partial charge in [-0.25, -0.2) is 0 Å². The van der Waals surface area contributed by atoms with Crippen molar-refractivity contribution >= 4 is 28.6 Å². The number of Topliss-reactive ketones (excluding diaryl/α,β-unsaturated/α-hetero) is 1. The van der Waals surface area contributed by atoms with E-state index in [1.165, 1.54) is 11.3 Å². The van der Waals surface area contributed by atoms with E-state index in [-0.39, 0.29) is 23.7 Å². The molecule has 1 aliphatic carbocycles. The fourth-order valence-corrected chi connectivity index (χ4v) is 5.76. The number of aryl methyl sites for hydroxylation is 1. The second-order valence-electron chi connectivity index (χ2n) is 9.78. The number of nitrogens with zero attached hydrogens (tertiary/aromatic N) is 2. The van der Waals surface area contributed by atoms with Crippen molar-refractivity contribution in [3.05, 3.63) is 83.4 Å². The van der Waals surface area contributed by atoms with E-state index in [4.69, 9.17) is 9.73 Å². The number of hydrogen-bond donors (Lipinski definition) is 1. The Bertz CT molecular complexity index is 1280. The van der Waals surface area contributed by atoms with Gasteiger partial charge in [0.15, 0.2) is 0 Å². The number of anilines is 2. The lowest BCUT2D eigenvalue weighted by Gasteiger charge is -2.35. The van der Waals surface area contributed by atoms with Gasteiger partial charge in [0.2, 0.25) is 0 Å². The predicted molar refractivity (Wildman–Crippen MR) is 148 cm³/mol. The van der Waals surface area contributed by atoms with Crippen LogP contribution in [0.3, 0.4) is 0 Å². The van der Waals surface area contributed by atoms with Crippen molar-refractivity contribution in [2.75, 3.05) is 30.4 Å². The number of carbonyl (C=O) groups excluding carboxylic acids is 1. The van der Waals surface area contributed by atoms with Gasteiger partial charge < -0.3 is 15.0 Å². The first-order chi connectivity index (χ1) is 17.5. The summed E-state index contributed by atoms with van der Waals surface area (Å²) in [6, 6.07) is 22.7. The van der Waals surface area contributed by atoms with E-state index in [0.717, 1.165) is 53.5 Å². The highest BCUT2D eigenvalue weighted by Gasteiger charge is 2.42. The van der Waals surface area contributed by atoms with Gasteiger partial charge in [0, 0.05) is 30.9 Å². The van der Waals surface area contributed by atoms with E-state index in [9.17, 15) is 4.79 Å². The molecule has 5 rings (SSSR count). The summed E-state index contributed by atoms with van der Waals surface area (Å²) in [6.07, 6.45) is 1.28. The number of benzene rings is 3. The number of fused-ring (bicyclic) bond motifs is 2. The van der Waals surface area contributed by atoms with Crippen molar-refractivity contribution in [2.45, 2.75) is 45.6 Å². The van der Waals surface area contributed by atoms with Gasteiger partial charge in [-0.2, -0.15) is 0 Å². The molecule has 1 fully saturated rings. The number of ether oxygens (including phenoxy) is 1. The van der Waals surface area contributed by atoms with Gasteiger partial charge in [-0.3, -0.25) is 9.79 Å². The third-order valence-corrected chi connectivity index (χ3v) is 7.73. The van der Waals surface area contributed by atoms with Crippen molar-refractivity contribution in [3.63, 3.8) is 0 Å². The Morgan fingerprint density at radius 1 is 1.00 bits per heavy atom. The highest BCUT2D eigenvalue weighted by atomic mass is 16.5. The average molecular weight is 482 g/mol. The Labute approximate surface area is 214 Å². The minimum absolute atomic E-state index is 0.121. The zero-order valence-corrected chi connectivity index (χ0v) is 21.6. The number of aliphatic imine (C=N–C) groups is 1. The van der Waals surface area contributed by atoms with Crippen LogP contribution < -0.4 is 15.0 Å². The second kappa shape index (κ2) is 10.2. The lowest BCUT2D eigenvalue weighted by molar-refractivity contribution is -0.122. The maximum Gasteiger partial charge on any atom is 0.144 e. The monoisotopic (exact) mass is 481 g/mol. The lowest BCUT2D eigenvalue weighted by Crippen LogP contribution is -2.39. The maximum atomic E-state index is 13.8. The SMILES string of the molecule is CCN(CC)c1ccc(C2Nc3ccccc3N=C3CC(c4ccc(OC)cc4)CC(=O)C32)c(C)c1. The predicted octanol–water partition coefficient (Wildman–Crippen LogP) is 6.85.